The van der Waals surface area contributed by atoms with Crippen molar-refractivity contribution in [1.82, 2.24) is 19.9 Å². The Morgan fingerprint density at radius 2 is 1.94 bits per heavy atom. The lowest BCUT2D eigenvalue weighted by Crippen LogP contribution is -2.40. The molecule has 1 aromatic carbocycles. The van der Waals surface area contributed by atoms with Crippen molar-refractivity contribution in [3.63, 3.8) is 0 Å². The highest BCUT2D eigenvalue weighted by Crippen LogP contribution is 2.30. The predicted molar refractivity (Wildman–Crippen MR) is 122 cm³/mol. The Bertz CT molecular complexity index is 1250. The van der Waals surface area contributed by atoms with Crippen LogP contribution in [0.5, 0.6) is 5.75 Å². The molecule has 1 aliphatic carbocycles. The van der Waals surface area contributed by atoms with E-state index in [9.17, 15) is 18.4 Å². The zero-order valence-corrected chi connectivity index (χ0v) is 18.5. The lowest BCUT2D eigenvalue weighted by molar-refractivity contribution is 0.0689. The summed E-state index contributed by atoms with van der Waals surface area (Å²) in [6, 6.07) is 5.43. The zero-order chi connectivity index (χ0) is 23.7. The SMILES string of the molecule is O=C(c1ccc(F)cn1)N1CCC(CNc2nc3cc(OCC4CC4)cc(F)c3c(=O)[nH]2)CC1. The standard InChI is InChI=1S/C24H25F2N5O3/c25-16-3-4-19(27-12-16)23(33)31-7-5-14(6-8-31)11-28-24-29-20-10-17(34-13-15-1-2-15)9-18(26)21(20)22(32)30-24/h3-4,9-10,12,14-15H,1-2,5-8,11,13H2,(H2,28,29,30,32). The molecule has 0 spiro atoms. The van der Waals surface area contributed by atoms with Crippen molar-refractivity contribution < 1.29 is 18.3 Å². The van der Waals surface area contributed by atoms with Crippen LogP contribution in [0.15, 0.2) is 35.3 Å². The van der Waals surface area contributed by atoms with Crippen LogP contribution in [0.1, 0.15) is 36.2 Å². The van der Waals surface area contributed by atoms with E-state index in [1.165, 1.54) is 18.2 Å². The van der Waals surface area contributed by atoms with Crippen molar-refractivity contribution >= 4 is 22.8 Å². The number of ether oxygens (including phenoxy) is 1. The van der Waals surface area contributed by atoms with Gasteiger partial charge in [-0.1, -0.05) is 0 Å². The lowest BCUT2D eigenvalue weighted by Gasteiger charge is -2.31. The van der Waals surface area contributed by atoms with Gasteiger partial charge in [-0.2, -0.15) is 0 Å². The fraction of sp³-hybridized carbons (Fsp3) is 0.417. The molecule has 34 heavy (non-hydrogen) atoms. The van der Waals surface area contributed by atoms with Crippen LogP contribution < -0.4 is 15.6 Å². The molecule has 3 heterocycles. The van der Waals surface area contributed by atoms with Crippen molar-refractivity contribution in [2.75, 3.05) is 31.6 Å². The van der Waals surface area contributed by atoms with Crippen molar-refractivity contribution in [1.29, 1.82) is 0 Å². The fourth-order valence-corrected chi connectivity index (χ4v) is 4.11. The van der Waals surface area contributed by atoms with E-state index in [2.05, 4.69) is 20.3 Å². The molecule has 0 bridgehead atoms. The highest BCUT2D eigenvalue weighted by Gasteiger charge is 2.25. The van der Waals surface area contributed by atoms with Gasteiger partial charge in [0, 0.05) is 31.8 Å². The molecule has 2 aromatic heterocycles. The summed E-state index contributed by atoms with van der Waals surface area (Å²) in [4.78, 5) is 37.5. The van der Waals surface area contributed by atoms with Gasteiger partial charge in [0.2, 0.25) is 5.95 Å². The molecule has 2 aliphatic rings. The first kappa shape index (κ1) is 22.2. The summed E-state index contributed by atoms with van der Waals surface area (Å²) in [5.74, 6) is 0.0724. The molecule has 8 nitrogen and oxygen atoms in total. The predicted octanol–water partition coefficient (Wildman–Crippen LogP) is 3.35. The summed E-state index contributed by atoms with van der Waals surface area (Å²) < 4.78 is 33.2. The third kappa shape index (κ3) is 5.00. The smallest absolute Gasteiger partial charge is 0.272 e. The van der Waals surface area contributed by atoms with Crippen molar-refractivity contribution in [3.05, 3.63) is 58.1 Å². The molecular formula is C24H25F2N5O3. The number of pyridine rings is 1. The van der Waals surface area contributed by atoms with Crippen LogP contribution >= 0.6 is 0 Å². The molecule has 2 fully saturated rings. The number of halogens is 2. The Balaban J connectivity index is 1.19. The van der Waals surface area contributed by atoms with Crippen molar-refractivity contribution in [2.24, 2.45) is 11.8 Å². The number of hydrogen-bond acceptors (Lipinski definition) is 6. The first-order chi connectivity index (χ1) is 16.5. The zero-order valence-electron chi connectivity index (χ0n) is 18.5. The van der Waals surface area contributed by atoms with Crippen LogP contribution in [0.25, 0.3) is 10.9 Å². The van der Waals surface area contributed by atoms with Crippen LogP contribution in [0, 0.1) is 23.5 Å². The number of likely N-dealkylation sites (tertiary alicyclic amines) is 1. The van der Waals surface area contributed by atoms with E-state index >= 15 is 0 Å². The molecular weight excluding hydrogens is 444 g/mol. The number of carbonyl (C=O) groups excluding carboxylic acids is 1. The van der Waals surface area contributed by atoms with Gasteiger partial charge in [0.15, 0.2) is 0 Å². The van der Waals surface area contributed by atoms with E-state index in [1.807, 2.05) is 0 Å². The highest BCUT2D eigenvalue weighted by molar-refractivity contribution is 5.92. The summed E-state index contributed by atoms with van der Waals surface area (Å²) >= 11 is 0. The van der Waals surface area contributed by atoms with Gasteiger partial charge in [0.05, 0.1) is 18.3 Å². The Morgan fingerprint density at radius 3 is 2.65 bits per heavy atom. The van der Waals surface area contributed by atoms with Gasteiger partial charge < -0.3 is 15.0 Å². The Labute approximate surface area is 194 Å². The second-order valence-electron chi connectivity index (χ2n) is 8.95. The monoisotopic (exact) mass is 469 g/mol. The number of fused-ring (bicyclic) bond motifs is 1. The lowest BCUT2D eigenvalue weighted by atomic mass is 9.96. The molecule has 5 rings (SSSR count). The molecule has 3 aromatic rings. The van der Waals surface area contributed by atoms with Crippen LogP contribution in [-0.2, 0) is 0 Å². The third-order valence-electron chi connectivity index (χ3n) is 6.32. The molecule has 0 atom stereocenters. The summed E-state index contributed by atoms with van der Waals surface area (Å²) in [7, 11) is 0. The molecule has 1 aliphatic heterocycles. The third-order valence-corrected chi connectivity index (χ3v) is 6.32. The van der Waals surface area contributed by atoms with E-state index < -0.39 is 17.2 Å². The van der Waals surface area contributed by atoms with E-state index in [4.69, 9.17) is 4.74 Å². The Hall–Kier alpha value is -3.56. The summed E-state index contributed by atoms with van der Waals surface area (Å²) in [6.45, 7) is 2.20. The molecule has 1 saturated heterocycles. The molecule has 1 amide bonds. The van der Waals surface area contributed by atoms with E-state index in [-0.39, 0.29) is 34.4 Å². The second kappa shape index (κ2) is 9.36. The van der Waals surface area contributed by atoms with Crippen molar-refractivity contribution in [3.8, 4) is 5.75 Å². The molecule has 1 saturated carbocycles. The maximum atomic E-state index is 14.5. The number of aromatic nitrogens is 3. The number of H-pyrrole nitrogens is 1. The number of carbonyl (C=O) groups is 1. The minimum absolute atomic E-state index is 0.0921. The van der Waals surface area contributed by atoms with Crippen LogP contribution in [0.2, 0.25) is 0 Å². The summed E-state index contributed by atoms with van der Waals surface area (Å²) in [6.07, 6.45) is 4.79. The van der Waals surface area contributed by atoms with E-state index in [0.717, 1.165) is 31.9 Å². The average Bonchev–Trinajstić information content (AvgIpc) is 3.66. The van der Waals surface area contributed by atoms with Crippen LogP contribution in [0.4, 0.5) is 14.7 Å². The van der Waals surface area contributed by atoms with E-state index in [1.54, 1.807) is 11.0 Å². The van der Waals surface area contributed by atoms with Gasteiger partial charge in [-0.05, 0) is 49.7 Å². The van der Waals surface area contributed by atoms with Gasteiger partial charge in [-0.25, -0.2) is 18.7 Å². The molecule has 2 N–H and O–H groups in total. The average molecular weight is 469 g/mol. The number of nitrogens with one attached hydrogen (secondary N) is 2. The van der Waals surface area contributed by atoms with Gasteiger partial charge in [-0.3, -0.25) is 14.6 Å². The number of amides is 1. The van der Waals surface area contributed by atoms with Crippen LogP contribution in [-0.4, -0.2) is 52.0 Å². The highest BCUT2D eigenvalue weighted by atomic mass is 19.1. The number of rotatable bonds is 7. The molecule has 178 valence electrons. The van der Waals surface area contributed by atoms with Gasteiger partial charge >= 0.3 is 0 Å². The Kier molecular flexibility index (Phi) is 6.12. The quantitative estimate of drug-likeness (QED) is 0.551. The van der Waals surface area contributed by atoms with Crippen molar-refractivity contribution in [2.45, 2.75) is 25.7 Å². The fourth-order valence-electron chi connectivity index (χ4n) is 4.11. The van der Waals surface area contributed by atoms with Gasteiger partial charge in [0.25, 0.3) is 11.5 Å². The van der Waals surface area contributed by atoms with Gasteiger partial charge in [-0.15, -0.1) is 0 Å². The molecule has 0 radical (unpaired) electrons. The maximum Gasteiger partial charge on any atom is 0.272 e. The maximum absolute atomic E-state index is 14.5. The number of aromatic amines is 1. The minimum Gasteiger partial charge on any atom is -0.493 e. The largest absolute Gasteiger partial charge is 0.493 e. The minimum atomic E-state index is -0.656. The Morgan fingerprint density at radius 1 is 1.15 bits per heavy atom. The van der Waals surface area contributed by atoms with Gasteiger partial charge in [0.1, 0.15) is 28.5 Å². The number of anilines is 1. The number of hydrogen-bond donors (Lipinski definition) is 2. The topological polar surface area (TPSA) is 100 Å². The first-order valence-electron chi connectivity index (χ1n) is 11.5. The first-order valence-corrected chi connectivity index (χ1v) is 11.5. The molecule has 0 unspecified atom stereocenters. The number of piperidine rings is 1. The summed E-state index contributed by atoms with van der Waals surface area (Å²) in [5.41, 5.74) is -0.0844. The van der Waals surface area contributed by atoms with E-state index in [0.29, 0.717) is 37.9 Å². The number of benzene rings is 1. The van der Waals surface area contributed by atoms with Crippen LogP contribution in [0.3, 0.4) is 0 Å². The molecule has 10 heteroatoms. The second-order valence-corrected chi connectivity index (χ2v) is 8.95. The number of nitrogens with zero attached hydrogens (tertiary/aromatic N) is 3. The normalized spacial score (nSPS) is 16.6. The summed E-state index contributed by atoms with van der Waals surface area (Å²) in [5, 5.41) is 3.05.